The lowest BCUT2D eigenvalue weighted by Gasteiger charge is -2.63. The quantitative estimate of drug-likeness (QED) is 0.273. The van der Waals surface area contributed by atoms with Crippen LogP contribution >= 0.6 is 0 Å². The maximum Gasteiger partial charge on any atom is 0.163 e. The van der Waals surface area contributed by atoms with Crippen molar-refractivity contribution in [2.75, 3.05) is 0 Å². The second-order valence-electron chi connectivity index (χ2n) is 18.2. The van der Waals surface area contributed by atoms with Gasteiger partial charge in [-0.05, 0) is 129 Å². The molecule has 0 bridgehead atoms. The van der Waals surface area contributed by atoms with E-state index in [1.165, 1.54) is 30.4 Å². The van der Waals surface area contributed by atoms with Gasteiger partial charge in [0, 0.05) is 0 Å². The summed E-state index contributed by atoms with van der Waals surface area (Å²) in [7, 11) is 0. The minimum Gasteiger partial charge on any atom is -0.393 e. The second kappa shape index (κ2) is 14.0. The van der Waals surface area contributed by atoms with Crippen LogP contribution in [0.4, 0.5) is 0 Å². The minimum absolute atomic E-state index is 0.0700. The van der Waals surface area contributed by atoms with Gasteiger partial charge in [-0.1, -0.05) is 95.3 Å². The van der Waals surface area contributed by atoms with Gasteiger partial charge in [0.15, 0.2) is 5.79 Å². The molecule has 0 aromatic heterocycles. The zero-order chi connectivity index (χ0) is 34.6. The van der Waals surface area contributed by atoms with Crippen molar-refractivity contribution in [2.24, 2.45) is 52.3 Å². The Morgan fingerprint density at radius 1 is 0.735 bits per heavy atom. The Kier molecular flexibility index (Phi) is 10.2. The third kappa shape index (κ3) is 6.93. The van der Waals surface area contributed by atoms with Gasteiger partial charge in [-0.15, -0.1) is 0 Å². The fourth-order valence-electron chi connectivity index (χ4n) is 12.3. The smallest absolute Gasteiger partial charge is 0.163 e. The number of benzene rings is 2. The maximum atomic E-state index is 12.0. The molecule has 13 atom stereocenters. The van der Waals surface area contributed by atoms with Gasteiger partial charge in [-0.25, -0.2) is 0 Å². The molecule has 1 saturated heterocycles. The first-order chi connectivity index (χ1) is 23.4. The van der Waals surface area contributed by atoms with Crippen LogP contribution in [0.1, 0.15) is 111 Å². The zero-order valence-electron chi connectivity index (χ0n) is 31.4. The topological polar surface area (TPSA) is 57.2 Å². The van der Waals surface area contributed by atoms with E-state index in [4.69, 9.17) is 18.9 Å². The molecule has 49 heavy (non-hydrogen) atoms. The van der Waals surface area contributed by atoms with Crippen LogP contribution in [0.5, 0.6) is 0 Å². The molecule has 4 saturated carbocycles. The van der Waals surface area contributed by atoms with Gasteiger partial charge in [0.25, 0.3) is 0 Å². The molecule has 5 aliphatic rings. The van der Waals surface area contributed by atoms with Crippen molar-refractivity contribution in [2.45, 2.75) is 149 Å². The van der Waals surface area contributed by atoms with Crippen LogP contribution in [-0.4, -0.2) is 41.4 Å². The first-order valence-electron chi connectivity index (χ1n) is 19.7. The van der Waals surface area contributed by atoms with E-state index in [0.717, 1.165) is 32.1 Å². The Morgan fingerprint density at radius 2 is 1.37 bits per heavy atom. The lowest BCUT2D eigenvalue weighted by Crippen LogP contribution is -2.59. The number of hydrogen-bond acceptors (Lipinski definition) is 5. The van der Waals surface area contributed by atoms with Crippen molar-refractivity contribution in [1.29, 1.82) is 0 Å². The van der Waals surface area contributed by atoms with Crippen LogP contribution in [0.15, 0.2) is 60.7 Å². The molecule has 5 nitrogen and oxygen atoms in total. The van der Waals surface area contributed by atoms with E-state index in [2.05, 4.69) is 95.3 Å². The van der Waals surface area contributed by atoms with Crippen molar-refractivity contribution in [3.05, 3.63) is 71.8 Å². The molecule has 0 unspecified atom stereocenters. The number of hydrogen-bond donors (Lipinski definition) is 1. The number of rotatable bonds is 10. The zero-order valence-corrected chi connectivity index (χ0v) is 31.4. The van der Waals surface area contributed by atoms with E-state index in [1.54, 1.807) is 0 Å². The summed E-state index contributed by atoms with van der Waals surface area (Å²) in [4.78, 5) is 0. The molecule has 4 aliphatic carbocycles. The molecule has 2 aromatic carbocycles. The molecule has 7 rings (SSSR count). The maximum absolute atomic E-state index is 12.0. The van der Waals surface area contributed by atoms with E-state index >= 15 is 0 Å². The number of aliphatic hydroxyl groups excluding tert-OH is 1. The molecule has 1 aliphatic heterocycles. The third-order valence-electron chi connectivity index (χ3n) is 14.4. The number of aliphatic hydroxyl groups is 1. The van der Waals surface area contributed by atoms with Crippen molar-refractivity contribution in [3.8, 4) is 0 Å². The highest BCUT2D eigenvalue weighted by atomic mass is 16.8. The summed E-state index contributed by atoms with van der Waals surface area (Å²) in [6.07, 6.45) is 9.18. The second-order valence-corrected chi connectivity index (χ2v) is 18.2. The molecule has 0 spiro atoms. The summed E-state index contributed by atoms with van der Waals surface area (Å²) < 4.78 is 26.6. The molecule has 0 radical (unpaired) electrons. The van der Waals surface area contributed by atoms with Crippen molar-refractivity contribution in [3.63, 3.8) is 0 Å². The molecule has 270 valence electrons. The van der Waals surface area contributed by atoms with Crippen LogP contribution in [-0.2, 0) is 32.2 Å². The summed E-state index contributed by atoms with van der Waals surface area (Å²) >= 11 is 0. The fourth-order valence-corrected chi connectivity index (χ4v) is 12.3. The van der Waals surface area contributed by atoms with Crippen LogP contribution in [0, 0.1) is 52.3 Å². The molecular weight excluding hydrogens is 608 g/mol. The van der Waals surface area contributed by atoms with Gasteiger partial charge < -0.3 is 24.1 Å². The van der Waals surface area contributed by atoms with Crippen LogP contribution in [0.25, 0.3) is 0 Å². The Bertz CT molecular complexity index is 1380. The van der Waals surface area contributed by atoms with E-state index in [9.17, 15) is 5.11 Å². The Balaban J connectivity index is 1.11. The highest BCUT2D eigenvalue weighted by Crippen LogP contribution is 2.69. The fraction of sp³-hybridized carbons (Fsp3) is 0.727. The standard InChI is InChI=1S/C44H64O5/c1-28(2)41-39(48-42(4,5)49-41)22-29(3)40-37(45)25-35-33-24-38(47-27-31-16-12-9-13-17-31)36-23-32(46-26-30-14-10-8-11-15-30)18-20-43(36,6)34(33)19-21-44(35,40)7/h8-17,28-29,32-41,45H,18-27H2,1-7H3/t29-,32+,33-,34+,35+,36-,37+,38-,39-,40+,41+,43-,44+/m1/s1. The third-order valence-corrected chi connectivity index (χ3v) is 14.4. The number of fused-ring (bicyclic) bond motifs is 5. The highest BCUT2D eigenvalue weighted by molar-refractivity contribution is 5.16. The lowest BCUT2D eigenvalue weighted by molar-refractivity contribution is -0.194. The Morgan fingerprint density at radius 3 is 2.02 bits per heavy atom. The average Bonchev–Trinajstić information content (AvgIpc) is 3.54. The molecule has 0 amide bonds. The van der Waals surface area contributed by atoms with Gasteiger partial charge in [0.1, 0.15) is 0 Å². The SMILES string of the molecule is CC(C)[C@@H]1OC(C)(C)O[C@@H]1C[C@@H](C)[C@H]1[C@@H](O)C[C@H]2[C@@H]3C[C@@H](OCc4ccccc4)[C@H]4C[C@@H](OCc5ccccc5)CC[C@]4(C)[C@H]3CC[C@]12C. The van der Waals surface area contributed by atoms with Gasteiger partial charge in [-0.3, -0.25) is 0 Å². The molecule has 5 heteroatoms. The Hall–Kier alpha value is -1.76. The summed E-state index contributed by atoms with van der Waals surface area (Å²) in [5.74, 6) is 2.71. The lowest BCUT2D eigenvalue weighted by atomic mass is 9.43. The Labute approximate surface area is 296 Å². The molecule has 1 N–H and O–H groups in total. The molecule has 2 aromatic rings. The average molecular weight is 673 g/mol. The predicted octanol–water partition coefficient (Wildman–Crippen LogP) is 9.60. The van der Waals surface area contributed by atoms with Crippen LogP contribution in [0.2, 0.25) is 0 Å². The summed E-state index contributed by atoms with van der Waals surface area (Å²) in [6.45, 7) is 17.5. The largest absolute Gasteiger partial charge is 0.393 e. The van der Waals surface area contributed by atoms with E-state index in [1.807, 2.05) is 13.8 Å². The first-order valence-corrected chi connectivity index (χ1v) is 19.7. The van der Waals surface area contributed by atoms with Crippen LogP contribution < -0.4 is 0 Å². The van der Waals surface area contributed by atoms with E-state index in [-0.39, 0.29) is 47.3 Å². The van der Waals surface area contributed by atoms with E-state index in [0.29, 0.717) is 48.7 Å². The predicted molar refractivity (Wildman–Crippen MR) is 194 cm³/mol. The molecule has 5 fully saturated rings. The summed E-state index contributed by atoms with van der Waals surface area (Å²) in [6, 6.07) is 21.3. The first kappa shape index (κ1) is 35.6. The minimum atomic E-state index is -0.549. The van der Waals surface area contributed by atoms with Gasteiger partial charge in [0.05, 0.1) is 43.7 Å². The van der Waals surface area contributed by atoms with Gasteiger partial charge >= 0.3 is 0 Å². The summed E-state index contributed by atoms with van der Waals surface area (Å²) in [5, 5.41) is 12.0. The van der Waals surface area contributed by atoms with E-state index < -0.39 is 5.79 Å². The van der Waals surface area contributed by atoms with Crippen molar-refractivity contribution < 1.29 is 24.1 Å². The van der Waals surface area contributed by atoms with Crippen LogP contribution in [0.3, 0.4) is 0 Å². The highest BCUT2D eigenvalue weighted by Gasteiger charge is 2.65. The van der Waals surface area contributed by atoms with Gasteiger partial charge in [0.2, 0.25) is 0 Å². The monoisotopic (exact) mass is 672 g/mol. The number of ether oxygens (including phenoxy) is 4. The molecule has 1 heterocycles. The van der Waals surface area contributed by atoms with Crippen molar-refractivity contribution >= 4 is 0 Å². The van der Waals surface area contributed by atoms with Gasteiger partial charge in [-0.2, -0.15) is 0 Å². The van der Waals surface area contributed by atoms with Crippen molar-refractivity contribution in [1.82, 2.24) is 0 Å². The normalized spacial score (nSPS) is 42.0. The molecular formula is C44H64O5. The summed E-state index contributed by atoms with van der Waals surface area (Å²) in [5.41, 5.74) is 2.84.